The standard InChI is InChI=1S/C22H25NO6/c1-22(2)28-19-16-12-15(24)8-9-17(16)23-18(20(19)29-22)10-11-26-21(25)27-13-14-6-4-3-5-7-14/h3-9,12,18-20,23-24H,10-11,13H2,1-2H3/t18-,19-,20-/m0/s1. The second-order valence-electron chi connectivity index (χ2n) is 7.70. The van der Waals surface area contributed by atoms with Gasteiger partial charge in [0, 0.05) is 17.7 Å². The Balaban J connectivity index is 1.35. The molecule has 2 aliphatic rings. The van der Waals surface area contributed by atoms with Crippen LogP contribution in [0.1, 0.15) is 37.5 Å². The molecule has 0 saturated carbocycles. The lowest BCUT2D eigenvalue weighted by molar-refractivity contribution is -0.147. The van der Waals surface area contributed by atoms with E-state index in [-0.39, 0.29) is 37.2 Å². The van der Waals surface area contributed by atoms with Crippen LogP contribution in [0.5, 0.6) is 5.75 Å². The molecule has 7 nitrogen and oxygen atoms in total. The molecule has 7 heteroatoms. The van der Waals surface area contributed by atoms with E-state index in [0.29, 0.717) is 6.42 Å². The molecule has 0 aliphatic carbocycles. The van der Waals surface area contributed by atoms with Crippen molar-refractivity contribution in [2.45, 2.75) is 50.9 Å². The maximum absolute atomic E-state index is 11.9. The zero-order valence-corrected chi connectivity index (χ0v) is 16.5. The Bertz CT molecular complexity index is 869. The summed E-state index contributed by atoms with van der Waals surface area (Å²) in [6.45, 7) is 4.09. The van der Waals surface area contributed by atoms with Crippen LogP contribution in [0.15, 0.2) is 48.5 Å². The van der Waals surface area contributed by atoms with E-state index in [4.69, 9.17) is 18.9 Å². The van der Waals surface area contributed by atoms with Gasteiger partial charge in [-0.05, 0) is 37.6 Å². The van der Waals surface area contributed by atoms with Gasteiger partial charge in [0.2, 0.25) is 0 Å². The van der Waals surface area contributed by atoms with Crippen LogP contribution >= 0.6 is 0 Å². The molecule has 2 aliphatic heterocycles. The molecule has 0 amide bonds. The summed E-state index contributed by atoms with van der Waals surface area (Å²) in [5.74, 6) is -0.557. The Morgan fingerprint density at radius 3 is 2.72 bits per heavy atom. The zero-order valence-electron chi connectivity index (χ0n) is 16.5. The summed E-state index contributed by atoms with van der Waals surface area (Å²) in [5.41, 5.74) is 2.64. The number of nitrogens with one attached hydrogen (secondary N) is 1. The van der Waals surface area contributed by atoms with Crippen molar-refractivity contribution in [2.75, 3.05) is 11.9 Å². The third kappa shape index (κ3) is 4.46. The molecule has 0 aromatic heterocycles. The van der Waals surface area contributed by atoms with Crippen LogP contribution in [0.25, 0.3) is 0 Å². The molecule has 1 saturated heterocycles. The third-order valence-electron chi connectivity index (χ3n) is 5.06. The lowest BCUT2D eigenvalue weighted by atomic mass is 9.91. The van der Waals surface area contributed by atoms with Crippen molar-refractivity contribution in [3.05, 3.63) is 59.7 Å². The molecular formula is C22H25NO6. The smallest absolute Gasteiger partial charge is 0.508 e. The Kier molecular flexibility index (Phi) is 5.34. The maximum Gasteiger partial charge on any atom is 0.508 e. The lowest BCUT2D eigenvalue weighted by Crippen LogP contribution is -2.42. The fourth-order valence-corrected chi connectivity index (χ4v) is 3.79. The van der Waals surface area contributed by atoms with Crippen molar-refractivity contribution in [3.63, 3.8) is 0 Å². The molecule has 0 spiro atoms. The molecule has 4 rings (SSSR count). The van der Waals surface area contributed by atoms with Gasteiger partial charge in [0.1, 0.15) is 24.6 Å². The van der Waals surface area contributed by atoms with Crippen molar-refractivity contribution in [3.8, 4) is 5.75 Å². The van der Waals surface area contributed by atoms with Crippen molar-refractivity contribution in [1.82, 2.24) is 0 Å². The first-order valence-corrected chi connectivity index (χ1v) is 9.70. The summed E-state index contributed by atoms with van der Waals surface area (Å²) in [7, 11) is 0. The number of ether oxygens (including phenoxy) is 4. The van der Waals surface area contributed by atoms with Crippen LogP contribution < -0.4 is 5.32 Å². The van der Waals surface area contributed by atoms with Crippen LogP contribution in [0.4, 0.5) is 10.5 Å². The van der Waals surface area contributed by atoms with Gasteiger partial charge in [0.25, 0.3) is 0 Å². The second kappa shape index (κ2) is 7.93. The van der Waals surface area contributed by atoms with Gasteiger partial charge in [-0.1, -0.05) is 30.3 Å². The predicted octanol–water partition coefficient (Wildman–Crippen LogP) is 4.12. The number of carbonyl (C=O) groups is 1. The first-order valence-electron chi connectivity index (χ1n) is 9.70. The van der Waals surface area contributed by atoms with E-state index < -0.39 is 11.9 Å². The minimum atomic E-state index is -0.738. The molecule has 29 heavy (non-hydrogen) atoms. The highest BCUT2D eigenvalue weighted by molar-refractivity contribution is 5.60. The van der Waals surface area contributed by atoms with Gasteiger partial charge in [0.15, 0.2) is 5.79 Å². The average Bonchev–Trinajstić information content (AvgIpc) is 3.03. The topological polar surface area (TPSA) is 86.3 Å². The SMILES string of the molecule is CC1(C)O[C@H]2[C@H](CCOC(=O)OCc3ccccc3)Nc3ccc(O)cc3[C@@H]2O1. The van der Waals surface area contributed by atoms with E-state index in [1.54, 1.807) is 12.1 Å². The highest BCUT2D eigenvalue weighted by Gasteiger charge is 2.49. The van der Waals surface area contributed by atoms with Crippen LogP contribution in [0.2, 0.25) is 0 Å². The summed E-state index contributed by atoms with van der Waals surface area (Å²) in [6.07, 6.45) is -0.733. The average molecular weight is 399 g/mol. The number of rotatable bonds is 5. The van der Waals surface area contributed by atoms with Crippen LogP contribution in [0.3, 0.4) is 0 Å². The Morgan fingerprint density at radius 1 is 1.14 bits per heavy atom. The van der Waals surface area contributed by atoms with E-state index >= 15 is 0 Å². The van der Waals surface area contributed by atoms with Crippen molar-refractivity contribution in [2.24, 2.45) is 0 Å². The van der Waals surface area contributed by atoms with Crippen molar-refractivity contribution >= 4 is 11.8 Å². The van der Waals surface area contributed by atoms with Crippen LogP contribution in [0, 0.1) is 0 Å². The number of benzene rings is 2. The Hall–Kier alpha value is -2.77. The van der Waals surface area contributed by atoms with Crippen molar-refractivity contribution in [1.29, 1.82) is 0 Å². The number of phenolic OH excluding ortho intramolecular Hbond substituents is 1. The van der Waals surface area contributed by atoms with E-state index in [9.17, 15) is 9.90 Å². The fraction of sp³-hybridized carbons (Fsp3) is 0.409. The number of anilines is 1. The Labute approximate surface area is 169 Å². The molecule has 1 fully saturated rings. The van der Waals surface area contributed by atoms with Crippen molar-refractivity contribution < 1.29 is 28.8 Å². The first kappa shape index (κ1) is 19.5. The molecule has 0 radical (unpaired) electrons. The minimum absolute atomic E-state index is 0.110. The number of aromatic hydroxyl groups is 1. The van der Waals surface area contributed by atoms with E-state index in [1.165, 1.54) is 0 Å². The minimum Gasteiger partial charge on any atom is -0.508 e. The van der Waals surface area contributed by atoms with E-state index in [1.807, 2.05) is 50.2 Å². The summed E-state index contributed by atoms with van der Waals surface area (Å²) in [5, 5.41) is 13.3. The number of hydrogen-bond donors (Lipinski definition) is 2. The van der Waals surface area contributed by atoms with Gasteiger partial charge in [0.05, 0.1) is 12.6 Å². The molecule has 0 bridgehead atoms. The van der Waals surface area contributed by atoms with Crippen LogP contribution in [-0.4, -0.2) is 35.8 Å². The van der Waals surface area contributed by atoms with E-state index in [2.05, 4.69) is 5.32 Å². The molecule has 3 atom stereocenters. The summed E-state index contributed by atoms with van der Waals surface area (Å²) < 4.78 is 22.5. The molecule has 154 valence electrons. The molecule has 2 aromatic carbocycles. The quantitative estimate of drug-likeness (QED) is 0.578. The van der Waals surface area contributed by atoms with Gasteiger partial charge in [-0.25, -0.2) is 4.79 Å². The molecular weight excluding hydrogens is 374 g/mol. The first-order chi connectivity index (χ1) is 13.9. The number of carbonyl (C=O) groups excluding carboxylic acids is 1. The van der Waals surface area contributed by atoms with Gasteiger partial charge >= 0.3 is 6.16 Å². The monoisotopic (exact) mass is 399 g/mol. The highest BCUT2D eigenvalue weighted by atomic mass is 16.8. The van der Waals surface area contributed by atoms with Gasteiger partial charge in [-0.3, -0.25) is 0 Å². The molecule has 0 unspecified atom stereocenters. The highest BCUT2D eigenvalue weighted by Crippen LogP contribution is 2.47. The molecule has 2 heterocycles. The second-order valence-corrected chi connectivity index (χ2v) is 7.70. The largest absolute Gasteiger partial charge is 0.508 e. The molecule has 2 aromatic rings. The van der Waals surface area contributed by atoms with E-state index in [0.717, 1.165) is 16.8 Å². The zero-order chi connectivity index (χ0) is 20.4. The predicted molar refractivity (Wildman–Crippen MR) is 105 cm³/mol. The Morgan fingerprint density at radius 2 is 1.93 bits per heavy atom. The number of fused-ring (bicyclic) bond motifs is 3. The molecule has 2 N–H and O–H groups in total. The third-order valence-corrected chi connectivity index (χ3v) is 5.06. The van der Waals surface area contributed by atoms with Gasteiger partial charge in [-0.2, -0.15) is 0 Å². The lowest BCUT2D eigenvalue weighted by Gasteiger charge is -2.34. The summed E-state index contributed by atoms with van der Waals surface area (Å²) in [4.78, 5) is 11.9. The summed E-state index contributed by atoms with van der Waals surface area (Å²) >= 11 is 0. The fourth-order valence-electron chi connectivity index (χ4n) is 3.79. The normalized spacial score (nSPS) is 24.1. The van der Waals surface area contributed by atoms with Crippen LogP contribution in [-0.2, 0) is 25.6 Å². The van der Waals surface area contributed by atoms with Gasteiger partial charge < -0.3 is 29.4 Å². The number of phenols is 1. The maximum atomic E-state index is 11.9. The number of hydrogen-bond acceptors (Lipinski definition) is 7. The van der Waals surface area contributed by atoms with Gasteiger partial charge in [-0.15, -0.1) is 0 Å². The summed E-state index contributed by atoms with van der Waals surface area (Å²) in [6, 6.07) is 14.5.